The van der Waals surface area contributed by atoms with Crippen LogP contribution >= 0.6 is 0 Å². The summed E-state index contributed by atoms with van der Waals surface area (Å²) >= 11 is 0. The van der Waals surface area contributed by atoms with Crippen LogP contribution in [0.1, 0.15) is 24.8 Å². The van der Waals surface area contributed by atoms with Crippen LogP contribution in [-0.2, 0) is 45.1 Å². The summed E-state index contributed by atoms with van der Waals surface area (Å²) in [4.78, 5) is 35.4. The normalized spacial score (nSPS) is 18.9. The van der Waals surface area contributed by atoms with Crippen molar-refractivity contribution in [3.8, 4) is 17.1 Å². The van der Waals surface area contributed by atoms with Gasteiger partial charge in [-0.05, 0) is 36.6 Å². The van der Waals surface area contributed by atoms with Crippen molar-refractivity contribution in [2.24, 2.45) is 0 Å². The third-order valence-corrected chi connectivity index (χ3v) is 8.90. The molecule has 0 bridgehead atoms. The summed E-state index contributed by atoms with van der Waals surface area (Å²) in [6.45, 7) is 4.84. The number of nitrogens with zero attached hydrogens (tertiary/aromatic N) is 5. The van der Waals surface area contributed by atoms with Gasteiger partial charge in [0.05, 0.1) is 57.1 Å². The fraction of sp³-hybridized carbons (Fsp3) is 0.562. The van der Waals surface area contributed by atoms with Crippen LogP contribution in [0.2, 0.25) is 0 Å². The maximum atomic E-state index is 15.2. The van der Waals surface area contributed by atoms with Gasteiger partial charge in [0.15, 0.2) is 6.29 Å². The summed E-state index contributed by atoms with van der Waals surface area (Å²) in [6.07, 6.45) is 4.80. The Labute approximate surface area is 289 Å². The van der Waals surface area contributed by atoms with E-state index < -0.39 is 28.0 Å². The second-order valence-electron chi connectivity index (χ2n) is 12.3. The molecule has 5 heterocycles. The van der Waals surface area contributed by atoms with Crippen molar-refractivity contribution in [3.63, 3.8) is 0 Å². The molecule has 1 unspecified atom stereocenters. The number of morpholine rings is 1. The van der Waals surface area contributed by atoms with Crippen LogP contribution in [0.15, 0.2) is 24.4 Å². The number of halogens is 1. The molecule has 16 nitrogen and oxygen atoms in total. The van der Waals surface area contributed by atoms with E-state index in [2.05, 4.69) is 20.1 Å². The standard InChI is InChI=1S/C32H42FN7O9S/c1-44-31-26(38-50(2,42)43)14-21(16-34-31)29-25-15-23(33)13-22(30(25)36-32(35-29)40-6-9-45-10-7-40)17-39-18-24(19-39)47-12-11-46-20-27(41)37-49-28-5-3-4-8-48-28/h13-16,24,28,38H,3-12,17-20H2,1-2H3,(H,37,41). The SMILES string of the molecule is COc1ncc(-c2nc(N3CCOCC3)nc3c(CN4CC(OCCOCC(=O)NOC5CCCCO5)C4)cc(F)cc23)cc1NS(C)(=O)=O. The van der Waals surface area contributed by atoms with Crippen molar-refractivity contribution in [3.05, 3.63) is 35.8 Å². The highest BCUT2D eigenvalue weighted by Gasteiger charge is 2.29. The van der Waals surface area contributed by atoms with E-state index in [4.69, 9.17) is 38.5 Å². The largest absolute Gasteiger partial charge is 0.480 e. The van der Waals surface area contributed by atoms with E-state index in [9.17, 15) is 13.2 Å². The molecule has 0 radical (unpaired) electrons. The van der Waals surface area contributed by atoms with Crippen LogP contribution in [0.25, 0.3) is 22.2 Å². The Morgan fingerprint density at radius 2 is 1.92 bits per heavy atom. The number of carbonyl (C=O) groups excluding carboxylic acids is 1. The van der Waals surface area contributed by atoms with Gasteiger partial charge in [-0.3, -0.25) is 14.4 Å². The van der Waals surface area contributed by atoms with Crippen LogP contribution in [0.4, 0.5) is 16.0 Å². The molecule has 0 aliphatic carbocycles. The monoisotopic (exact) mass is 719 g/mol. The average molecular weight is 720 g/mol. The number of sulfonamides is 1. The Kier molecular flexibility index (Phi) is 11.9. The minimum Gasteiger partial charge on any atom is -0.480 e. The molecular formula is C32H42FN7O9S. The summed E-state index contributed by atoms with van der Waals surface area (Å²) in [7, 11) is -2.27. The number of fused-ring (bicyclic) bond motifs is 1. The molecule has 3 aliphatic heterocycles. The van der Waals surface area contributed by atoms with E-state index in [1.54, 1.807) is 6.07 Å². The fourth-order valence-corrected chi connectivity index (χ4v) is 6.46. The van der Waals surface area contributed by atoms with Crippen molar-refractivity contribution in [2.75, 3.05) is 88.8 Å². The minimum atomic E-state index is -3.66. The highest BCUT2D eigenvalue weighted by Crippen LogP contribution is 2.35. The number of benzene rings is 1. The van der Waals surface area contributed by atoms with Crippen LogP contribution in [-0.4, -0.2) is 126 Å². The molecule has 0 spiro atoms. The Bertz CT molecular complexity index is 1750. The molecule has 3 fully saturated rings. The zero-order valence-electron chi connectivity index (χ0n) is 28.1. The molecule has 3 saturated heterocycles. The molecule has 3 aromatic rings. The van der Waals surface area contributed by atoms with E-state index in [0.29, 0.717) is 92.8 Å². The van der Waals surface area contributed by atoms with Gasteiger partial charge in [-0.15, -0.1) is 0 Å². The number of hydrogen-bond acceptors (Lipinski definition) is 14. The zero-order valence-corrected chi connectivity index (χ0v) is 28.9. The molecule has 6 rings (SSSR count). The van der Waals surface area contributed by atoms with Gasteiger partial charge < -0.3 is 28.6 Å². The predicted molar refractivity (Wildman–Crippen MR) is 179 cm³/mol. The third kappa shape index (κ3) is 9.51. The quantitative estimate of drug-likeness (QED) is 0.172. The lowest BCUT2D eigenvalue weighted by Crippen LogP contribution is -2.51. The first-order chi connectivity index (χ1) is 24.1. The van der Waals surface area contributed by atoms with Gasteiger partial charge in [0, 0.05) is 62.9 Å². The number of amides is 1. The second kappa shape index (κ2) is 16.5. The van der Waals surface area contributed by atoms with E-state index in [1.165, 1.54) is 25.4 Å². The number of hydroxylamine groups is 1. The van der Waals surface area contributed by atoms with Crippen LogP contribution in [0.3, 0.4) is 0 Å². The first-order valence-corrected chi connectivity index (χ1v) is 18.4. The van der Waals surface area contributed by atoms with Crippen molar-refractivity contribution in [1.82, 2.24) is 25.3 Å². The van der Waals surface area contributed by atoms with Crippen LogP contribution in [0, 0.1) is 5.82 Å². The van der Waals surface area contributed by atoms with E-state index in [0.717, 1.165) is 25.5 Å². The molecule has 0 saturated carbocycles. The predicted octanol–water partition coefficient (Wildman–Crippen LogP) is 1.84. The van der Waals surface area contributed by atoms with E-state index in [1.807, 2.05) is 4.90 Å². The average Bonchev–Trinajstić information content (AvgIpc) is 3.09. The highest BCUT2D eigenvalue weighted by molar-refractivity contribution is 7.92. The smallest absolute Gasteiger partial charge is 0.269 e. The minimum absolute atomic E-state index is 0.0423. The summed E-state index contributed by atoms with van der Waals surface area (Å²) in [6, 6.07) is 4.42. The van der Waals surface area contributed by atoms with Gasteiger partial charge in [-0.1, -0.05) is 0 Å². The highest BCUT2D eigenvalue weighted by atomic mass is 32.2. The molecule has 1 atom stereocenters. The number of nitrogens with one attached hydrogen (secondary N) is 2. The molecule has 1 aromatic carbocycles. The summed E-state index contributed by atoms with van der Waals surface area (Å²) in [5.41, 5.74) is 4.58. The second-order valence-corrected chi connectivity index (χ2v) is 14.0. The molecule has 3 aliphatic rings. The summed E-state index contributed by atoms with van der Waals surface area (Å²) < 4.78 is 69.4. The Hall–Kier alpha value is -3.78. The topological polar surface area (TPSA) is 176 Å². The molecule has 18 heteroatoms. The van der Waals surface area contributed by atoms with Gasteiger partial charge in [0.25, 0.3) is 5.91 Å². The molecule has 272 valence electrons. The number of ether oxygens (including phenoxy) is 5. The van der Waals surface area contributed by atoms with Gasteiger partial charge in [-0.25, -0.2) is 38.1 Å². The van der Waals surface area contributed by atoms with Crippen molar-refractivity contribution in [1.29, 1.82) is 0 Å². The number of pyridine rings is 1. The number of carbonyl (C=O) groups is 1. The van der Waals surface area contributed by atoms with Gasteiger partial charge in [0.1, 0.15) is 18.1 Å². The molecular weight excluding hydrogens is 677 g/mol. The Morgan fingerprint density at radius 3 is 2.66 bits per heavy atom. The number of rotatable bonds is 15. The Balaban J connectivity index is 1.11. The lowest BCUT2D eigenvalue weighted by molar-refractivity contribution is -0.202. The molecule has 2 aromatic heterocycles. The number of likely N-dealkylation sites (tertiary alicyclic amines) is 1. The number of aromatic nitrogens is 3. The van der Waals surface area contributed by atoms with E-state index in [-0.39, 0.29) is 30.9 Å². The van der Waals surface area contributed by atoms with Gasteiger partial charge in [0.2, 0.25) is 21.9 Å². The maximum absolute atomic E-state index is 15.2. The van der Waals surface area contributed by atoms with Crippen molar-refractivity contribution < 1.29 is 46.1 Å². The number of hydrogen-bond donors (Lipinski definition) is 2. The summed E-state index contributed by atoms with van der Waals surface area (Å²) in [5.74, 6) is -0.322. The van der Waals surface area contributed by atoms with Gasteiger partial charge in [-0.2, -0.15) is 0 Å². The van der Waals surface area contributed by atoms with Crippen molar-refractivity contribution in [2.45, 2.75) is 38.2 Å². The fourth-order valence-electron chi connectivity index (χ4n) is 5.92. The maximum Gasteiger partial charge on any atom is 0.269 e. The summed E-state index contributed by atoms with van der Waals surface area (Å²) in [5, 5.41) is 0.459. The number of methoxy groups -OCH3 is 1. The number of anilines is 2. The molecule has 2 N–H and O–H groups in total. The first kappa shape index (κ1) is 36.0. The van der Waals surface area contributed by atoms with Crippen LogP contribution < -0.4 is 19.8 Å². The lowest BCUT2D eigenvalue weighted by Gasteiger charge is -2.39. The van der Waals surface area contributed by atoms with Crippen molar-refractivity contribution >= 4 is 38.5 Å². The Morgan fingerprint density at radius 1 is 1.10 bits per heavy atom. The molecule has 1 amide bonds. The lowest BCUT2D eigenvalue weighted by atomic mass is 10.0. The first-order valence-electron chi connectivity index (χ1n) is 16.5. The zero-order chi connectivity index (χ0) is 35.1. The van der Waals surface area contributed by atoms with Gasteiger partial charge >= 0.3 is 0 Å². The van der Waals surface area contributed by atoms with Crippen LogP contribution in [0.5, 0.6) is 5.88 Å². The van der Waals surface area contributed by atoms with E-state index >= 15 is 4.39 Å². The molecule has 50 heavy (non-hydrogen) atoms. The third-order valence-electron chi connectivity index (χ3n) is 8.31.